The van der Waals surface area contributed by atoms with Gasteiger partial charge in [-0.1, -0.05) is 0 Å². The fraction of sp³-hybridized carbons (Fsp3) is 0.389. The first-order valence-corrected chi connectivity index (χ1v) is 7.73. The van der Waals surface area contributed by atoms with Crippen LogP contribution < -0.4 is 5.32 Å². The highest BCUT2D eigenvalue weighted by Gasteiger charge is 2.16. The van der Waals surface area contributed by atoms with Gasteiger partial charge in [0.25, 0.3) is 0 Å². The van der Waals surface area contributed by atoms with Crippen LogP contribution in [0, 0.1) is 27.7 Å². The van der Waals surface area contributed by atoms with Crippen molar-refractivity contribution in [3.8, 4) is 0 Å². The number of amides is 1. The summed E-state index contributed by atoms with van der Waals surface area (Å²) in [6.45, 7) is 7.58. The molecule has 2 aromatic rings. The molecule has 128 valence electrons. The first-order valence-electron chi connectivity index (χ1n) is 7.73. The zero-order valence-electron chi connectivity index (χ0n) is 15.0. The molecule has 0 aliphatic heterocycles. The molecule has 0 spiro atoms. The van der Waals surface area contributed by atoms with Crippen molar-refractivity contribution in [2.75, 3.05) is 12.4 Å². The van der Waals surface area contributed by atoms with E-state index in [1.165, 1.54) is 7.11 Å². The second-order valence-corrected chi connectivity index (χ2v) is 5.96. The molecule has 0 fully saturated rings. The van der Waals surface area contributed by atoms with E-state index < -0.39 is 5.97 Å². The van der Waals surface area contributed by atoms with Crippen molar-refractivity contribution >= 4 is 17.6 Å². The normalized spacial score (nSPS) is 10.6. The van der Waals surface area contributed by atoms with E-state index in [0.717, 1.165) is 28.1 Å². The molecular formula is C18H23N3O3. The molecule has 0 aliphatic carbocycles. The number of aromatic nitrogens is 2. The molecule has 1 aromatic heterocycles. The van der Waals surface area contributed by atoms with Crippen molar-refractivity contribution in [2.24, 2.45) is 7.05 Å². The predicted octanol–water partition coefficient (Wildman–Crippen LogP) is 2.62. The summed E-state index contributed by atoms with van der Waals surface area (Å²) in [6.07, 6.45) is 0.242. The van der Waals surface area contributed by atoms with Crippen LogP contribution in [-0.4, -0.2) is 28.8 Å². The van der Waals surface area contributed by atoms with Crippen molar-refractivity contribution in [3.05, 3.63) is 45.8 Å². The summed E-state index contributed by atoms with van der Waals surface area (Å²) in [5, 5.41) is 7.18. The molecule has 1 aromatic carbocycles. The fourth-order valence-corrected chi connectivity index (χ4v) is 2.69. The maximum atomic E-state index is 12.4. The summed E-state index contributed by atoms with van der Waals surface area (Å²) in [6, 6.07) is 3.50. The highest BCUT2D eigenvalue weighted by atomic mass is 16.5. The molecule has 1 heterocycles. The number of nitrogens with one attached hydrogen (secondary N) is 1. The summed E-state index contributed by atoms with van der Waals surface area (Å²) < 4.78 is 6.57. The Hall–Kier alpha value is -2.63. The number of ether oxygens (including phenoxy) is 1. The summed E-state index contributed by atoms with van der Waals surface area (Å²) in [7, 11) is 3.20. The number of anilines is 1. The van der Waals surface area contributed by atoms with Crippen LogP contribution in [0.2, 0.25) is 0 Å². The van der Waals surface area contributed by atoms with Crippen LogP contribution in [0.4, 0.5) is 5.69 Å². The van der Waals surface area contributed by atoms with E-state index in [-0.39, 0.29) is 12.3 Å². The van der Waals surface area contributed by atoms with Crippen LogP contribution in [0.15, 0.2) is 12.1 Å². The standard InChI is InChI=1S/C18H23N3O3/c1-10-7-14(8-15(11(10)2)18(23)24-6)19-17(22)9-16-12(3)20-21(5)13(16)4/h7-8H,9H2,1-6H3,(H,19,22). The minimum absolute atomic E-state index is 0.145. The molecule has 0 radical (unpaired) electrons. The highest BCUT2D eigenvalue weighted by molar-refractivity contribution is 5.96. The number of esters is 1. The lowest BCUT2D eigenvalue weighted by molar-refractivity contribution is -0.115. The van der Waals surface area contributed by atoms with Gasteiger partial charge in [-0.2, -0.15) is 5.10 Å². The smallest absolute Gasteiger partial charge is 0.338 e. The molecule has 0 aliphatic rings. The van der Waals surface area contributed by atoms with Crippen LogP contribution in [0.25, 0.3) is 0 Å². The Morgan fingerprint density at radius 3 is 2.42 bits per heavy atom. The Balaban J connectivity index is 2.23. The molecule has 0 unspecified atom stereocenters. The van der Waals surface area contributed by atoms with E-state index in [1.54, 1.807) is 10.7 Å². The largest absolute Gasteiger partial charge is 0.465 e. The van der Waals surface area contributed by atoms with Crippen LogP contribution in [0.5, 0.6) is 0 Å². The minimum atomic E-state index is -0.411. The molecule has 2 rings (SSSR count). The number of methoxy groups -OCH3 is 1. The van der Waals surface area contributed by atoms with Crippen LogP contribution >= 0.6 is 0 Å². The summed E-state index contributed by atoms with van der Waals surface area (Å²) in [5.41, 5.74) is 5.55. The average molecular weight is 329 g/mol. The lowest BCUT2D eigenvalue weighted by Crippen LogP contribution is -2.16. The van der Waals surface area contributed by atoms with Gasteiger partial charge in [-0.05, 0) is 51.0 Å². The molecule has 1 amide bonds. The predicted molar refractivity (Wildman–Crippen MR) is 92.3 cm³/mol. The third-order valence-corrected chi connectivity index (χ3v) is 4.35. The quantitative estimate of drug-likeness (QED) is 0.875. The molecule has 0 saturated heterocycles. The number of carbonyl (C=O) groups is 2. The first kappa shape index (κ1) is 17.7. The summed E-state index contributed by atoms with van der Waals surface area (Å²) in [4.78, 5) is 24.2. The topological polar surface area (TPSA) is 73.2 Å². The molecule has 6 heteroatoms. The maximum absolute atomic E-state index is 12.4. The lowest BCUT2D eigenvalue weighted by Gasteiger charge is -2.12. The van der Waals surface area contributed by atoms with Gasteiger partial charge in [0.15, 0.2) is 0 Å². The molecule has 0 atom stereocenters. The van der Waals surface area contributed by atoms with Crippen molar-refractivity contribution in [3.63, 3.8) is 0 Å². The third-order valence-electron chi connectivity index (χ3n) is 4.35. The number of nitrogens with zero attached hydrogens (tertiary/aromatic N) is 2. The number of aryl methyl sites for hydroxylation is 3. The SMILES string of the molecule is COC(=O)c1cc(NC(=O)Cc2c(C)nn(C)c2C)cc(C)c1C. The molecule has 24 heavy (non-hydrogen) atoms. The molecule has 6 nitrogen and oxygen atoms in total. The van der Waals surface area contributed by atoms with Crippen LogP contribution in [0.3, 0.4) is 0 Å². The molecule has 1 N–H and O–H groups in total. The van der Waals surface area contributed by atoms with Gasteiger partial charge < -0.3 is 10.1 Å². The molecular weight excluding hydrogens is 306 g/mol. The Kier molecular flexibility index (Phi) is 5.07. The maximum Gasteiger partial charge on any atom is 0.338 e. The number of rotatable bonds is 4. The van der Waals surface area contributed by atoms with Gasteiger partial charge in [0, 0.05) is 24.0 Å². The minimum Gasteiger partial charge on any atom is -0.465 e. The van der Waals surface area contributed by atoms with Gasteiger partial charge in [-0.25, -0.2) is 4.79 Å². The van der Waals surface area contributed by atoms with E-state index in [0.29, 0.717) is 11.3 Å². The van der Waals surface area contributed by atoms with E-state index >= 15 is 0 Å². The number of carbonyl (C=O) groups excluding carboxylic acids is 2. The van der Waals surface area contributed by atoms with E-state index in [9.17, 15) is 9.59 Å². The zero-order valence-corrected chi connectivity index (χ0v) is 15.0. The second-order valence-electron chi connectivity index (χ2n) is 5.96. The van der Waals surface area contributed by atoms with E-state index in [2.05, 4.69) is 10.4 Å². The van der Waals surface area contributed by atoms with Crippen molar-refractivity contribution in [1.29, 1.82) is 0 Å². The monoisotopic (exact) mass is 329 g/mol. The second kappa shape index (κ2) is 6.86. The van der Waals surface area contributed by atoms with E-state index in [4.69, 9.17) is 4.74 Å². The van der Waals surface area contributed by atoms with Gasteiger partial charge in [-0.3, -0.25) is 9.48 Å². The Labute approximate surface area is 141 Å². The lowest BCUT2D eigenvalue weighted by atomic mass is 10.0. The van der Waals surface area contributed by atoms with Gasteiger partial charge in [-0.15, -0.1) is 0 Å². The number of hydrogen-bond acceptors (Lipinski definition) is 4. The Bertz CT molecular complexity index is 806. The first-order chi connectivity index (χ1) is 11.2. The van der Waals surface area contributed by atoms with Gasteiger partial charge in [0.1, 0.15) is 0 Å². The van der Waals surface area contributed by atoms with Gasteiger partial charge in [0.2, 0.25) is 5.91 Å². The Morgan fingerprint density at radius 2 is 1.88 bits per heavy atom. The van der Waals surface area contributed by atoms with Crippen molar-refractivity contribution < 1.29 is 14.3 Å². The number of hydrogen-bond donors (Lipinski definition) is 1. The number of benzene rings is 1. The highest BCUT2D eigenvalue weighted by Crippen LogP contribution is 2.21. The summed E-state index contributed by atoms with van der Waals surface area (Å²) >= 11 is 0. The van der Waals surface area contributed by atoms with E-state index in [1.807, 2.05) is 40.8 Å². The van der Waals surface area contributed by atoms with Gasteiger partial charge in [0.05, 0.1) is 24.8 Å². The average Bonchev–Trinajstić information content (AvgIpc) is 2.76. The zero-order chi connectivity index (χ0) is 18.0. The Morgan fingerprint density at radius 1 is 1.21 bits per heavy atom. The van der Waals surface area contributed by atoms with Crippen molar-refractivity contribution in [1.82, 2.24) is 9.78 Å². The molecule has 0 bridgehead atoms. The molecule has 0 saturated carbocycles. The third kappa shape index (κ3) is 3.48. The van der Waals surface area contributed by atoms with Crippen LogP contribution in [-0.2, 0) is 23.0 Å². The fourth-order valence-electron chi connectivity index (χ4n) is 2.69. The summed E-state index contributed by atoms with van der Waals surface area (Å²) in [5.74, 6) is -0.557. The van der Waals surface area contributed by atoms with Gasteiger partial charge >= 0.3 is 5.97 Å². The van der Waals surface area contributed by atoms with Crippen molar-refractivity contribution in [2.45, 2.75) is 34.1 Å². The van der Waals surface area contributed by atoms with Crippen LogP contribution in [0.1, 0.15) is 38.4 Å².